The first-order valence-corrected chi connectivity index (χ1v) is 7.97. The predicted molar refractivity (Wildman–Crippen MR) is 73.8 cm³/mol. The Kier molecular flexibility index (Phi) is 3.42. The van der Waals surface area contributed by atoms with Crippen LogP contribution in [0.25, 0.3) is 0 Å². The molecule has 0 aromatic heterocycles. The highest BCUT2D eigenvalue weighted by atomic mass is 16.8. The summed E-state index contributed by atoms with van der Waals surface area (Å²) in [5.41, 5.74) is 0. The summed E-state index contributed by atoms with van der Waals surface area (Å²) >= 11 is 0. The monoisotopic (exact) mass is 327 g/mol. The zero-order chi connectivity index (χ0) is 16.4. The molecule has 0 radical (unpaired) electrons. The van der Waals surface area contributed by atoms with Gasteiger partial charge >= 0.3 is 11.9 Å². The minimum Gasteiger partial charge on any atom is -0.462 e. The van der Waals surface area contributed by atoms with E-state index in [2.05, 4.69) is 0 Å². The van der Waals surface area contributed by atoms with Crippen molar-refractivity contribution < 1.29 is 33.4 Å². The average molecular weight is 327 g/mol. The zero-order valence-corrected chi connectivity index (χ0v) is 13.4. The molecule has 4 rings (SSSR count). The number of carbonyl (C=O) groups excluding carboxylic acids is 2. The molecular formula is C15H21NO7. The van der Waals surface area contributed by atoms with E-state index in [1.54, 1.807) is 5.06 Å². The van der Waals surface area contributed by atoms with Gasteiger partial charge in [0.1, 0.15) is 30.8 Å². The van der Waals surface area contributed by atoms with E-state index in [1.165, 1.54) is 6.92 Å². The molecule has 4 fully saturated rings. The smallest absolute Gasteiger partial charge is 0.313 e. The van der Waals surface area contributed by atoms with E-state index in [0.717, 1.165) is 0 Å². The lowest BCUT2D eigenvalue weighted by atomic mass is 9.87. The molecule has 0 N–H and O–H groups in total. The summed E-state index contributed by atoms with van der Waals surface area (Å²) in [4.78, 5) is 29.3. The maximum absolute atomic E-state index is 12.5. The third kappa shape index (κ3) is 2.53. The van der Waals surface area contributed by atoms with Crippen LogP contribution in [0, 0.1) is 5.92 Å². The number of fused-ring (bicyclic) bond motifs is 5. The maximum Gasteiger partial charge on any atom is 0.313 e. The lowest BCUT2D eigenvalue weighted by Crippen LogP contribution is -2.48. The van der Waals surface area contributed by atoms with Gasteiger partial charge in [-0.3, -0.25) is 14.4 Å². The van der Waals surface area contributed by atoms with Crippen molar-refractivity contribution in [2.24, 2.45) is 5.92 Å². The molecule has 23 heavy (non-hydrogen) atoms. The van der Waals surface area contributed by atoms with E-state index in [9.17, 15) is 9.59 Å². The molecule has 0 aromatic rings. The minimum atomic E-state index is -0.643. The lowest BCUT2D eigenvalue weighted by Gasteiger charge is -2.31. The van der Waals surface area contributed by atoms with Crippen LogP contribution in [0.15, 0.2) is 0 Å². The number of rotatable bonds is 2. The summed E-state index contributed by atoms with van der Waals surface area (Å²) in [5, 5.41) is 1.80. The highest BCUT2D eigenvalue weighted by Crippen LogP contribution is 2.46. The molecule has 8 heteroatoms. The van der Waals surface area contributed by atoms with Gasteiger partial charge in [0.15, 0.2) is 5.79 Å². The largest absolute Gasteiger partial charge is 0.462 e. The Hall–Kier alpha value is -1.22. The highest BCUT2D eigenvalue weighted by molar-refractivity contribution is 5.76. The Morgan fingerprint density at radius 1 is 1.35 bits per heavy atom. The topological polar surface area (TPSA) is 83.5 Å². The number of cyclic esters (lactones) is 1. The van der Waals surface area contributed by atoms with Gasteiger partial charge in [-0.1, -0.05) is 0 Å². The number of hydrogen-bond donors (Lipinski definition) is 0. The summed E-state index contributed by atoms with van der Waals surface area (Å²) in [6.45, 7) is 5.72. The van der Waals surface area contributed by atoms with Crippen LogP contribution in [0.3, 0.4) is 0 Å². The number of nitrogens with zero attached hydrogens (tertiary/aromatic N) is 1. The Morgan fingerprint density at radius 3 is 2.87 bits per heavy atom. The SMILES string of the molecule is CC(=O)OC[C@@H]1C[C@@H]2ON3C[C@@H]4OC(C)(C)O[C@@H]4[C@H]3[C@@H]2C(=O)O1. The number of hydrogen-bond acceptors (Lipinski definition) is 8. The summed E-state index contributed by atoms with van der Waals surface area (Å²) in [5.74, 6) is -1.75. The van der Waals surface area contributed by atoms with Gasteiger partial charge in [-0.25, -0.2) is 0 Å². The van der Waals surface area contributed by atoms with E-state index in [4.69, 9.17) is 23.8 Å². The number of ether oxygens (including phenoxy) is 4. The highest BCUT2D eigenvalue weighted by Gasteiger charge is 2.64. The van der Waals surface area contributed by atoms with Crippen molar-refractivity contribution >= 4 is 11.9 Å². The molecular weight excluding hydrogens is 306 g/mol. The number of carbonyl (C=O) groups is 2. The van der Waals surface area contributed by atoms with Gasteiger partial charge in [0.2, 0.25) is 0 Å². The fourth-order valence-corrected chi connectivity index (χ4v) is 4.06. The molecule has 6 atom stereocenters. The van der Waals surface area contributed by atoms with Gasteiger partial charge in [-0.05, 0) is 13.8 Å². The van der Waals surface area contributed by atoms with Crippen molar-refractivity contribution in [1.82, 2.24) is 5.06 Å². The molecule has 4 aliphatic rings. The first-order valence-electron chi connectivity index (χ1n) is 7.97. The molecule has 0 aromatic carbocycles. The van der Waals surface area contributed by atoms with E-state index in [-0.39, 0.29) is 36.9 Å². The van der Waals surface area contributed by atoms with Gasteiger partial charge < -0.3 is 18.9 Å². The van der Waals surface area contributed by atoms with Gasteiger partial charge in [-0.2, -0.15) is 5.06 Å². The third-order valence-electron chi connectivity index (χ3n) is 4.81. The molecule has 0 unspecified atom stereocenters. The quantitative estimate of drug-likeness (QED) is 0.655. The second-order valence-electron chi connectivity index (χ2n) is 7.00. The van der Waals surface area contributed by atoms with Gasteiger partial charge in [-0.15, -0.1) is 0 Å². The molecule has 0 bridgehead atoms. The van der Waals surface area contributed by atoms with E-state index in [0.29, 0.717) is 13.0 Å². The van der Waals surface area contributed by atoms with Crippen LogP contribution in [0.1, 0.15) is 27.2 Å². The maximum atomic E-state index is 12.5. The molecule has 4 heterocycles. The summed E-state index contributed by atoms with van der Waals surface area (Å²) in [6, 6.07) is -0.186. The van der Waals surface area contributed by atoms with Gasteiger partial charge in [0.05, 0.1) is 18.7 Å². The molecule has 0 saturated carbocycles. The molecule has 4 saturated heterocycles. The summed E-state index contributed by atoms with van der Waals surface area (Å²) in [6.07, 6.45) is -0.506. The van der Waals surface area contributed by atoms with E-state index >= 15 is 0 Å². The van der Waals surface area contributed by atoms with Crippen molar-refractivity contribution in [3.8, 4) is 0 Å². The van der Waals surface area contributed by atoms with Crippen molar-refractivity contribution in [1.29, 1.82) is 0 Å². The van der Waals surface area contributed by atoms with Crippen molar-refractivity contribution in [2.45, 2.75) is 63.4 Å². The Balaban J connectivity index is 1.47. The fraction of sp³-hybridized carbons (Fsp3) is 0.867. The van der Waals surface area contributed by atoms with E-state index < -0.39 is 23.8 Å². The first-order chi connectivity index (χ1) is 10.8. The van der Waals surface area contributed by atoms with Gasteiger partial charge in [0.25, 0.3) is 0 Å². The van der Waals surface area contributed by atoms with Crippen LogP contribution in [0.4, 0.5) is 0 Å². The molecule has 4 aliphatic heterocycles. The Morgan fingerprint density at radius 2 is 2.13 bits per heavy atom. The molecule has 128 valence electrons. The molecule has 0 aliphatic carbocycles. The minimum absolute atomic E-state index is 0.0665. The zero-order valence-electron chi connectivity index (χ0n) is 13.4. The van der Waals surface area contributed by atoms with Crippen LogP contribution in [0.2, 0.25) is 0 Å². The average Bonchev–Trinajstić information content (AvgIpc) is 3.02. The Labute approximate surface area is 133 Å². The van der Waals surface area contributed by atoms with Crippen LogP contribution in [-0.4, -0.2) is 66.4 Å². The third-order valence-corrected chi connectivity index (χ3v) is 4.81. The second kappa shape index (κ2) is 5.14. The molecule has 0 amide bonds. The second-order valence-corrected chi connectivity index (χ2v) is 7.00. The predicted octanol–water partition coefficient (Wildman–Crippen LogP) is -0.000700. The fourth-order valence-electron chi connectivity index (χ4n) is 4.06. The number of esters is 2. The first kappa shape index (κ1) is 15.3. The lowest BCUT2D eigenvalue weighted by molar-refractivity contribution is -0.207. The van der Waals surface area contributed by atoms with E-state index in [1.807, 2.05) is 13.8 Å². The summed E-state index contributed by atoms with van der Waals surface area (Å²) < 4.78 is 22.2. The Bertz CT molecular complexity index is 536. The summed E-state index contributed by atoms with van der Waals surface area (Å²) in [7, 11) is 0. The molecule has 8 nitrogen and oxygen atoms in total. The van der Waals surface area contributed by atoms with Gasteiger partial charge in [0, 0.05) is 13.3 Å². The standard InChI is InChI=1S/C15H21NO7/c1-7(17)19-6-8-4-9-11(14(18)20-8)12-13-10(5-16(12)23-9)21-15(2,3)22-13/h8-13H,4-6H2,1-3H3/t8-,9-,10-,11+,12+,13-/m0/s1. The van der Waals surface area contributed by atoms with Crippen LogP contribution in [-0.2, 0) is 33.4 Å². The van der Waals surface area contributed by atoms with Crippen molar-refractivity contribution in [3.63, 3.8) is 0 Å². The molecule has 0 spiro atoms. The number of hydroxylamine groups is 2. The van der Waals surface area contributed by atoms with Crippen molar-refractivity contribution in [2.75, 3.05) is 13.2 Å². The van der Waals surface area contributed by atoms with Crippen LogP contribution < -0.4 is 0 Å². The van der Waals surface area contributed by atoms with Crippen LogP contribution >= 0.6 is 0 Å². The van der Waals surface area contributed by atoms with Crippen LogP contribution in [0.5, 0.6) is 0 Å². The normalized spacial score (nSPS) is 44.4. The van der Waals surface area contributed by atoms with Crippen molar-refractivity contribution in [3.05, 3.63) is 0 Å².